The second-order valence-corrected chi connectivity index (χ2v) is 3.26. The van der Waals surface area contributed by atoms with Gasteiger partial charge in [-0.05, 0) is 0 Å². The molecule has 15 heavy (non-hydrogen) atoms. The van der Waals surface area contributed by atoms with Gasteiger partial charge in [0.2, 0.25) is 0 Å². The fourth-order valence-corrected chi connectivity index (χ4v) is 1.56. The lowest BCUT2D eigenvalue weighted by Crippen LogP contribution is -2.39. The summed E-state index contributed by atoms with van der Waals surface area (Å²) in [6, 6.07) is -1.13. The molecule has 2 atom stereocenters. The van der Waals surface area contributed by atoms with Crippen molar-refractivity contribution in [3.05, 3.63) is 0 Å². The third-order valence-corrected chi connectivity index (χ3v) is 2.13. The van der Waals surface area contributed by atoms with Crippen LogP contribution < -0.4 is 0 Å². The molecule has 0 saturated carbocycles. The topological polar surface area (TPSA) is 104 Å². The van der Waals surface area contributed by atoms with E-state index in [9.17, 15) is 14.4 Å². The third kappa shape index (κ3) is 2.58. The Morgan fingerprint density at radius 2 is 1.93 bits per heavy atom. The second-order valence-electron chi connectivity index (χ2n) is 3.26. The molecular weight excluding hydrogens is 206 g/mol. The molecule has 0 radical (unpaired) electrons. The summed E-state index contributed by atoms with van der Waals surface area (Å²) in [5.41, 5.74) is 0. The highest BCUT2D eigenvalue weighted by molar-refractivity contribution is 5.80. The van der Waals surface area contributed by atoms with Crippen molar-refractivity contribution in [1.29, 1.82) is 0 Å². The van der Waals surface area contributed by atoms with Crippen LogP contribution in [0.15, 0.2) is 0 Å². The lowest BCUT2D eigenvalue weighted by molar-refractivity contribution is -0.146. The fourth-order valence-electron chi connectivity index (χ4n) is 1.56. The predicted octanol–water partition coefficient (Wildman–Crippen LogP) is -0.245. The Hall–Kier alpha value is -1.79. The van der Waals surface area contributed by atoms with Crippen LogP contribution in [0.1, 0.15) is 13.3 Å². The standard InChI is InChI=1S/C8H11NO6/c1-4(10)15-5-2-6(7(11)12)9(3-5)8(13)14/h5-6H,2-3H2,1H3,(H,11,12)(H,13,14)/t5-,6+/m1/s1. The number of esters is 1. The molecule has 0 bridgehead atoms. The van der Waals surface area contributed by atoms with Crippen LogP contribution in [-0.2, 0) is 14.3 Å². The first-order valence-electron chi connectivity index (χ1n) is 4.31. The van der Waals surface area contributed by atoms with E-state index in [-0.39, 0.29) is 13.0 Å². The minimum atomic E-state index is -1.32. The molecule has 1 heterocycles. The number of amides is 1. The molecule has 1 aliphatic heterocycles. The fraction of sp³-hybridized carbons (Fsp3) is 0.625. The molecule has 0 aromatic carbocycles. The van der Waals surface area contributed by atoms with E-state index in [2.05, 4.69) is 0 Å². The first-order chi connectivity index (χ1) is 6.91. The van der Waals surface area contributed by atoms with E-state index in [0.29, 0.717) is 0 Å². The number of rotatable bonds is 2. The molecule has 7 heteroatoms. The van der Waals surface area contributed by atoms with Crippen LogP contribution >= 0.6 is 0 Å². The maximum atomic E-state index is 10.7. The van der Waals surface area contributed by atoms with Gasteiger partial charge in [-0.3, -0.25) is 9.69 Å². The van der Waals surface area contributed by atoms with Crippen LogP contribution in [0.5, 0.6) is 0 Å². The quantitative estimate of drug-likeness (QED) is 0.618. The van der Waals surface area contributed by atoms with E-state index < -0.39 is 30.2 Å². The van der Waals surface area contributed by atoms with Crippen molar-refractivity contribution < 1.29 is 29.3 Å². The monoisotopic (exact) mass is 217 g/mol. The van der Waals surface area contributed by atoms with E-state index >= 15 is 0 Å². The van der Waals surface area contributed by atoms with Crippen LogP contribution in [0.4, 0.5) is 4.79 Å². The van der Waals surface area contributed by atoms with E-state index in [1.807, 2.05) is 0 Å². The number of ether oxygens (including phenoxy) is 1. The van der Waals surface area contributed by atoms with Gasteiger partial charge in [0.25, 0.3) is 0 Å². The summed E-state index contributed by atoms with van der Waals surface area (Å²) in [4.78, 5) is 32.7. The lowest BCUT2D eigenvalue weighted by atomic mass is 10.2. The SMILES string of the molecule is CC(=O)O[C@@H]1C[C@@H](C(=O)O)N(C(=O)O)C1. The molecule has 0 aromatic heterocycles. The van der Waals surface area contributed by atoms with E-state index in [0.717, 1.165) is 4.90 Å². The van der Waals surface area contributed by atoms with Crippen molar-refractivity contribution in [2.75, 3.05) is 6.54 Å². The Morgan fingerprint density at radius 3 is 2.27 bits per heavy atom. The van der Waals surface area contributed by atoms with Crippen molar-refractivity contribution in [2.45, 2.75) is 25.5 Å². The number of hydrogen-bond donors (Lipinski definition) is 2. The largest absolute Gasteiger partial charge is 0.480 e. The minimum Gasteiger partial charge on any atom is -0.480 e. The summed E-state index contributed by atoms with van der Waals surface area (Å²) in [6.45, 7) is 1.10. The van der Waals surface area contributed by atoms with Crippen LogP contribution in [0.2, 0.25) is 0 Å². The van der Waals surface area contributed by atoms with Crippen LogP contribution in [0.3, 0.4) is 0 Å². The number of carboxylic acid groups (broad SMARTS) is 2. The van der Waals surface area contributed by atoms with Gasteiger partial charge in [-0.1, -0.05) is 0 Å². The molecule has 1 rings (SSSR count). The first-order valence-corrected chi connectivity index (χ1v) is 4.31. The van der Waals surface area contributed by atoms with E-state index in [1.165, 1.54) is 6.92 Å². The highest BCUT2D eigenvalue weighted by atomic mass is 16.5. The number of carbonyl (C=O) groups excluding carboxylic acids is 1. The van der Waals surface area contributed by atoms with Crippen molar-refractivity contribution in [3.8, 4) is 0 Å². The van der Waals surface area contributed by atoms with E-state index in [1.54, 1.807) is 0 Å². The Kier molecular flexibility index (Phi) is 3.13. The van der Waals surface area contributed by atoms with Crippen LogP contribution in [0, 0.1) is 0 Å². The number of likely N-dealkylation sites (tertiary alicyclic amines) is 1. The minimum absolute atomic E-state index is 0.00120. The van der Waals surface area contributed by atoms with Gasteiger partial charge in [-0.2, -0.15) is 0 Å². The predicted molar refractivity (Wildman–Crippen MR) is 46.3 cm³/mol. The summed E-state index contributed by atoms with van der Waals surface area (Å²) in [5, 5.41) is 17.4. The summed E-state index contributed by atoms with van der Waals surface area (Å²) >= 11 is 0. The van der Waals surface area contributed by atoms with Crippen LogP contribution in [0.25, 0.3) is 0 Å². The van der Waals surface area contributed by atoms with Gasteiger partial charge < -0.3 is 14.9 Å². The third-order valence-electron chi connectivity index (χ3n) is 2.13. The average Bonchev–Trinajstić information content (AvgIpc) is 2.46. The smallest absolute Gasteiger partial charge is 0.408 e. The molecule has 1 fully saturated rings. The summed E-state index contributed by atoms with van der Waals surface area (Å²) in [7, 11) is 0. The van der Waals surface area contributed by atoms with Gasteiger partial charge in [0.15, 0.2) is 0 Å². The molecule has 2 N–H and O–H groups in total. The van der Waals surface area contributed by atoms with Crippen molar-refractivity contribution in [1.82, 2.24) is 4.90 Å². The lowest BCUT2D eigenvalue weighted by Gasteiger charge is -2.16. The Balaban J connectivity index is 2.69. The van der Waals surface area contributed by atoms with E-state index in [4.69, 9.17) is 14.9 Å². The second kappa shape index (κ2) is 4.16. The number of carboxylic acids is 1. The molecule has 1 amide bonds. The van der Waals surface area contributed by atoms with Crippen LogP contribution in [-0.4, -0.2) is 51.8 Å². The number of aliphatic carboxylic acids is 1. The molecule has 7 nitrogen and oxygen atoms in total. The van der Waals surface area contributed by atoms with Gasteiger partial charge in [-0.15, -0.1) is 0 Å². The summed E-state index contributed by atoms with van der Waals surface area (Å²) in [5.74, 6) is -1.77. The maximum absolute atomic E-state index is 10.7. The average molecular weight is 217 g/mol. The zero-order valence-electron chi connectivity index (χ0n) is 8.04. The maximum Gasteiger partial charge on any atom is 0.408 e. The molecule has 1 aliphatic rings. The molecule has 0 aromatic rings. The highest BCUT2D eigenvalue weighted by Crippen LogP contribution is 2.20. The van der Waals surface area contributed by atoms with Crippen molar-refractivity contribution >= 4 is 18.0 Å². The summed E-state index contributed by atoms with van der Waals surface area (Å²) in [6.07, 6.45) is -1.99. The van der Waals surface area contributed by atoms with Gasteiger partial charge in [0.05, 0.1) is 6.54 Å². The Morgan fingerprint density at radius 1 is 1.33 bits per heavy atom. The molecule has 0 unspecified atom stereocenters. The number of hydrogen-bond acceptors (Lipinski definition) is 4. The molecule has 84 valence electrons. The number of nitrogens with zero attached hydrogens (tertiary/aromatic N) is 1. The number of carbonyl (C=O) groups is 3. The van der Waals surface area contributed by atoms with Gasteiger partial charge in [0.1, 0.15) is 12.1 Å². The first kappa shape index (κ1) is 11.3. The van der Waals surface area contributed by atoms with Crippen molar-refractivity contribution in [2.24, 2.45) is 0 Å². The Bertz CT molecular complexity index is 280. The Labute approximate surface area is 85.2 Å². The van der Waals surface area contributed by atoms with Gasteiger partial charge >= 0.3 is 18.0 Å². The normalized spacial score (nSPS) is 25.0. The molecule has 1 saturated heterocycles. The highest BCUT2D eigenvalue weighted by Gasteiger charge is 2.41. The summed E-state index contributed by atoms with van der Waals surface area (Å²) < 4.78 is 4.76. The molecule has 0 spiro atoms. The molecule has 0 aliphatic carbocycles. The van der Waals surface area contributed by atoms with Gasteiger partial charge in [0, 0.05) is 13.3 Å². The zero-order valence-corrected chi connectivity index (χ0v) is 8.04. The van der Waals surface area contributed by atoms with Gasteiger partial charge in [-0.25, -0.2) is 9.59 Å². The molecular formula is C8H11NO6. The zero-order chi connectivity index (χ0) is 11.6. The van der Waals surface area contributed by atoms with Crippen molar-refractivity contribution in [3.63, 3.8) is 0 Å².